The van der Waals surface area contributed by atoms with Gasteiger partial charge in [0.25, 0.3) is 11.6 Å². The number of amides is 1. The molecule has 2 aromatic carbocycles. The van der Waals surface area contributed by atoms with E-state index in [9.17, 15) is 14.9 Å². The maximum absolute atomic E-state index is 12.9. The summed E-state index contributed by atoms with van der Waals surface area (Å²) in [5, 5.41) is 19.6. The van der Waals surface area contributed by atoms with E-state index in [0.29, 0.717) is 41.2 Å². The van der Waals surface area contributed by atoms with Crippen molar-refractivity contribution in [2.45, 2.75) is 6.54 Å². The van der Waals surface area contributed by atoms with Gasteiger partial charge in [0.2, 0.25) is 0 Å². The van der Waals surface area contributed by atoms with Gasteiger partial charge in [0.1, 0.15) is 11.5 Å². The Bertz CT molecular complexity index is 1190. The minimum Gasteiger partial charge on any atom is -0.363 e. The molecule has 1 N–H and O–H groups in total. The normalized spacial score (nSPS) is 14.3. The molecule has 1 aromatic heterocycles. The van der Waals surface area contributed by atoms with Gasteiger partial charge in [-0.25, -0.2) is 4.68 Å². The van der Waals surface area contributed by atoms with Gasteiger partial charge in [-0.05, 0) is 30.8 Å². The fourth-order valence-electron chi connectivity index (χ4n) is 3.71. The number of carbonyl (C=O) groups is 1. The molecule has 0 atom stereocenters. The lowest BCUT2D eigenvalue weighted by atomic mass is 10.1. The van der Waals surface area contributed by atoms with E-state index >= 15 is 0 Å². The highest BCUT2D eigenvalue weighted by atomic mass is 35.5. The third-order valence-corrected chi connectivity index (χ3v) is 6.45. The van der Waals surface area contributed by atoms with E-state index in [0.717, 1.165) is 18.7 Å². The van der Waals surface area contributed by atoms with Crippen molar-refractivity contribution in [1.29, 1.82) is 0 Å². The van der Waals surface area contributed by atoms with Crippen LogP contribution in [-0.4, -0.2) is 58.7 Å². The minimum atomic E-state index is -0.470. The molecule has 0 spiro atoms. The lowest BCUT2D eigenvalue weighted by molar-refractivity contribution is -0.384. The van der Waals surface area contributed by atoms with E-state index in [1.807, 2.05) is 18.0 Å². The Morgan fingerprint density at radius 1 is 1.15 bits per heavy atom. The van der Waals surface area contributed by atoms with E-state index in [-0.39, 0.29) is 11.3 Å². The maximum atomic E-state index is 12.9. The van der Waals surface area contributed by atoms with Crippen LogP contribution < -0.4 is 10.2 Å². The van der Waals surface area contributed by atoms with Crippen LogP contribution in [0.2, 0.25) is 10.0 Å². The Kier molecular flexibility index (Phi) is 6.83. The van der Waals surface area contributed by atoms with Crippen LogP contribution in [0, 0.1) is 10.1 Å². The topological polar surface area (TPSA) is 96.5 Å². The lowest BCUT2D eigenvalue weighted by Crippen LogP contribution is -2.44. The highest BCUT2D eigenvalue weighted by Gasteiger charge is 2.24. The number of nitro benzene ring substituents is 1. The van der Waals surface area contributed by atoms with Crippen LogP contribution in [0.4, 0.5) is 17.2 Å². The number of nitrogens with one attached hydrogen (secondary N) is 1. The predicted octanol–water partition coefficient (Wildman–Crippen LogP) is 4.15. The van der Waals surface area contributed by atoms with Crippen molar-refractivity contribution in [3.8, 4) is 0 Å². The highest BCUT2D eigenvalue weighted by Crippen LogP contribution is 2.31. The molecule has 1 saturated heterocycles. The first-order valence-corrected chi connectivity index (χ1v) is 11.1. The standard InChI is InChI=1S/C22H22Cl2N6O3/c1-27-9-11-28(12-10-27)18-6-5-15(13-19(18)30(32)33)22(31)26-20-7-8-25-29(20)14-16-3-2-4-17(23)21(16)24/h2-8,13H,9-12,14H2,1H3,(H,26,31). The van der Waals surface area contributed by atoms with E-state index < -0.39 is 10.8 Å². The molecule has 4 rings (SSSR count). The zero-order chi connectivity index (χ0) is 23.5. The zero-order valence-corrected chi connectivity index (χ0v) is 19.4. The average molecular weight is 489 g/mol. The number of rotatable bonds is 6. The molecule has 11 heteroatoms. The summed E-state index contributed by atoms with van der Waals surface area (Å²) in [4.78, 5) is 28.3. The molecule has 9 nitrogen and oxygen atoms in total. The second kappa shape index (κ2) is 9.78. The predicted molar refractivity (Wildman–Crippen MR) is 129 cm³/mol. The van der Waals surface area contributed by atoms with Gasteiger partial charge < -0.3 is 15.1 Å². The molecule has 0 aliphatic carbocycles. The van der Waals surface area contributed by atoms with Crippen LogP contribution in [0.3, 0.4) is 0 Å². The van der Waals surface area contributed by atoms with E-state index in [1.54, 1.807) is 41.2 Å². The second-order valence-electron chi connectivity index (χ2n) is 7.79. The smallest absolute Gasteiger partial charge is 0.293 e. The molecule has 1 aliphatic heterocycles. The quantitative estimate of drug-likeness (QED) is 0.413. The van der Waals surface area contributed by atoms with Gasteiger partial charge in [0.05, 0.1) is 27.7 Å². The number of piperazine rings is 1. The molecular weight excluding hydrogens is 467 g/mol. The van der Waals surface area contributed by atoms with Gasteiger partial charge in [-0.15, -0.1) is 0 Å². The summed E-state index contributed by atoms with van der Waals surface area (Å²) in [6.45, 7) is 3.31. The van der Waals surface area contributed by atoms with Gasteiger partial charge in [0.15, 0.2) is 0 Å². The zero-order valence-electron chi connectivity index (χ0n) is 17.9. The number of aromatic nitrogens is 2. The lowest BCUT2D eigenvalue weighted by Gasteiger charge is -2.33. The summed E-state index contributed by atoms with van der Waals surface area (Å²) >= 11 is 12.3. The van der Waals surface area contributed by atoms with Crippen LogP contribution in [0.25, 0.3) is 0 Å². The number of nitro groups is 1. The molecule has 1 amide bonds. The Balaban J connectivity index is 1.54. The highest BCUT2D eigenvalue weighted by molar-refractivity contribution is 6.42. The van der Waals surface area contributed by atoms with E-state index in [4.69, 9.17) is 23.2 Å². The van der Waals surface area contributed by atoms with Gasteiger partial charge in [0, 0.05) is 43.9 Å². The van der Waals surface area contributed by atoms with Crippen LogP contribution >= 0.6 is 23.2 Å². The average Bonchev–Trinajstić information content (AvgIpc) is 3.23. The van der Waals surface area contributed by atoms with Gasteiger partial charge in [-0.2, -0.15) is 5.10 Å². The summed E-state index contributed by atoms with van der Waals surface area (Å²) in [5.74, 6) is -0.0381. The molecule has 3 aromatic rings. The van der Waals surface area contributed by atoms with Crippen molar-refractivity contribution in [2.24, 2.45) is 0 Å². The first kappa shape index (κ1) is 23.0. The van der Waals surface area contributed by atoms with Crippen molar-refractivity contribution in [3.05, 3.63) is 79.9 Å². The summed E-state index contributed by atoms with van der Waals surface area (Å²) in [6, 6.07) is 11.5. The number of nitrogens with zero attached hydrogens (tertiary/aromatic N) is 5. The molecule has 0 unspecified atom stereocenters. The molecule has 1 aliphatic rings. The first-order chi connectivity index (χ1) is 15.8. The minimum absolute atomic E-state index is 0.0913. The summed E-state index contributed by atoms with van der Waals surface area (Å²) in [5.41, 5.74) is 1.36. The number of hydrogen-bond donors (Lipinski definition) is 1. The first-order valence-electron chi connectivity index (χ1n) is 10.3. The summed E-state index contributed by atoms with van der Waals surface area (Å²) < 4.78 is 1.57. The summed E-state index contributed by atoms with van der Waals surface area (Å²) in [6.07, 6.45) is 1.55. The third-order valence-electron chi connectivity index (χ3n) is 5.59. The van der Waals surface area contributed by atoms with E-state index in [1.165, 1.54) is 6.07 Å². The monoisotopic (exact) mass is 488 g/mol. The van der Waals surface area contributed by atoms with Crippen molar-refractivity contribution < 1.29 is 9.72 Å². The second-order valence-corrected chi connectivity index (χ2v) is 8.58. The Morgan fingerprint density at radius 3 is 2.64 bits per heavy atom. The molecule has 0 bridgehead atoms. The van der Waals surface area contributed by atoms with Gasteiger partial charge in [-0.3, -0.25) is 14.9 Å². The molecule has 0 saturated carbocycles. The third kappa shape index (κ3) is 5.11. The number of benzene rings is 2. The van der Waals surface area contributed by atoms with Crippen LogP contribution in [-0.2, 0) is 6.54 Å². The van der Waals surface area contributed by atoms with Crippen LogP contribution in [0.5, 0.6) is 0 Å². The molecule has 2 heterocycles. The number of halogens is 2. The molecule has 0 radical (unpaired) electrons. The largest absolute Gasteiger partial charge is 0.363 e. The van der Waals surface area contributed by atoms with Crippen molar-refractivity contribution in [3.63, 3.8) is 0 Å². The van der Waals surface area contributed by atoms with Gasteiger partial charge in [-0.1, -0.05) is 35.3 Å². The maximum Gasteiger partial charge on any atom is 0.293 e. The van der Waals surface area contributed by atoms with Gasteiger partial charge >= 0.3 is 0 Å². The Hall–Kier alpha value is -3.14. The number of hydrogen-bond acceptors (Lipinski definition) is 6. The van der Waals surface area contributed by atoms with Crippen molar-refractivity contribution in [1.82, 2.24) is 14.7 Å². The fraction of sp³-hybridized carbons (Fsp3) is 0.273. The molecule has 33 heavy (non-hydrogen) atoms. The van der Waals surface area contributed by atoms with E-state index in [2.05, 4.69) is 15.3 Å². The van der Waals surface area contributed by atoms with Crippen LogP contribution in [0.15, 0.2) is 48.7 Å². The fourth-order valence-corrected chi connectivity index (χ4v) is 4.09. The molecular formula is C22H22Cl2N6O3. The molecule has 1 fully saturated rings. The Morgan fingerprint density at radius 2 is 1.91 bits per heavy atom. The Labute approximate surface area is 200 Å². The number of anilines is 2. The number of carbonyl (C=O) groups excluding carboxylic acids is 1. The summed E-state index contributed by atoms with van der Waals surface area (Å²) in [7, 11) is 2.02. The van der Waals surface area contributed by atoms with Crippen molar-refractivity contribution in [2.75, 3.05) is 43.4 Å². The SMILES string of the molecule is CN1CCN(c2ccc(C(=O)Nc3ccnn3Cc3cccc(Cl)c3Cl)cc2[N+](=O)[O-])CC1. The van der Waals surface area contributed by atoms with Crippen LogP contribution in [0.1, 0.15) is 15.9 Å². The number of likely N-dealkylation sites (N-methyl/N-ethyl adjacent to an activating group) is 1. The van der Waals surface area contributed by atoms with Crippen molar-refractivity contribution >= 4 is 46.3 Å². The molecule has 172 valence electrons.